The number of likely N-dealkylation sites (tertiary alicyclic amines) is 2. The number of rotatable bonds is 3. The lowest BCUT2D eigenvalue weighted by atomic mass is 9.99. The number of hydrogen-bond donors (Lipinski definition) is 1. The summed E-state index contributed by atoms with van der Waals surface area (Å²) in [5.74, 6) is -0.289. The standard InChI is InChI=1S/C15H18ClFN2O2/c1-9(14-12(16)3-2-4-13(14)17)6-18-7-11-5-10(18)8-19(11)15(20)21/h2-4,9-11H,5-8H2,1H3,(H,20,21). The molecule has 114 valence electrons. The van der Waals surface area contributed by atoms with Crippen molar-refractivity contribution in [2.24, 2.45) is 0 Å². The van der Waals surface area contributed by atoms with E-state index in [2.05, 4.69) is 4.90 Å². The molecule has 1 aromatic rings. The zero-order chi connectivity index (χ0) is 15.1. The monoisotopic (exact) mass is 312 g/mol. The van der Waals surface area contributed by atoms with Crippen LogP contribution in [0.1, 0.15) is 24.8 Å². The lowest BCUT2D eigenvalue weighted by molar-refractivity contribution is 0.101. The average Bonchev–Trinajstić information content (AvgIpc) is 2.98. The molecule has 2 aliphatic rings. The molecular weight excluding hydrogens is 295 g/mol. The van der Waals surface area contributed by atoms with Gasteiger partial charge >= 0.3 is 6.09 Å². The van der Waals surface area contributed by atoms with Gasteiger partial charge in [0.1, 0.15) is 5.82 Å². The second kappa shape index (κ2) is 5.46. The van der Waals surface area contributed by atoms with Crippen LogP contribution in [0.3, 0.4) is 0 Å². The first-order valence-electron chi connectivity index (χ1n) is 7.15. The van der Waals surface area contributed by atoms with Gasteiger partial charge in [-0.25, -0.2) is 9.18 Å². The number of hydrogen-bond acceptors (Lipinski definition) is 2. The van der Waals surface area contributed by atoms with E-state index in [-0.39, 0.29) is 23.8 Å². The van der Waals surface area contributed by atoms with Crippen molar-refractivity contribution in [3.8, 4) is 0 Å². The number of amides is 1. The van der Waals surface area contributed by atoms with E-state index in [0.717, 1.165) is 13.0 Å². The number of piperazine rings is 1. The third-order valence-corrected chi connectivity index (χ3v) is 4.93. The molecule has 0 saturated carbocycles. The molecule has 0 aromatic heterocycles. The van der Waals surface area contributed by atoms with Gasteiger partial charge in [0.05, 0.1) is 0 Å². The molecule has 1 amide bonds. The highest BCUT2D eigenvalue weighted by Crippen LogP contribution is 2.34. The molecule has 2 heterocycles. The lowest BCUT2D eigenvalue weighted by Crippen LogP contribution is -2.49. The first kappa shape index (κ1) is 14.6. The summed E-state index contributed by atoms with van der Waals surface area (Å²) in [5.41, 5.74) is 0.553. The van der Waals surface area contributed by atoms with Gasteiger partial charge in [0.2, 0.25) is 0 Å². The number of benzene rings is 1. The Morgan fingerprint density at radius 1 is 1.48 bits per heavy atom. The Balaban J connectivity index is 1.68. The maximum atomic E-state index is 13.9. The van der Waals surface area contributed by atoms with Crippen molar-refractivity contribution < 1.29 is 14.3 Å². The Labute approximate surface area is 128 Å². The van der Waals surface area contributed by atoms with Crippen LogP contribution in [0.4, 0.5) is 9.18 Å². The van der Waals surface area contributed by atoms with E-state index in [0.29, 0.717) is 23.7 Å². The first-order chi connectivity index (χ1) is 9.97. The number of halogens is 2. The third-order valence-electron chi connectivity index (χ3n) is 4.60. The number of carbonyl (C=O) groups is 1. The summed E-state index contributed by atoms with van der Waals surface area (Å²) in [6, 6.07) is 5.07. The zero-order valence-electron chi connectivity index (χ0n) is 11.8. The average molecular weight is 313 g/mol. The Kier molecular flexibility index (Phi) is 3.80. The highest BCUT2D eigenvalue weighted by Gasteiger charge is 2.45. The highest BCUT2D eigenvalue weighted by atomic mass is 35.5. The largest absolute Gasteiger partial charge is 0.465 e. The smallest absolute Gasteiger partial charge is 0.407 e. The molecule has 6 heteroatoms. The van der Waals surface area contributed by atoms with Crippen LogP contribution in [0.25, 0.3) is 0 Å². The van der Waals surface area contributed by atoms with Crippen LogP contribution in [0.15, 0.2) is 18.2 Å². The predicted molar refractivity (Wildman–Crippen MR) is 78.3 cm³/mol. The van der Waals surface area contributed by atoms with Gasteiger partial charge in [0.15, 0.2) is 0 Å². The SMILES string of the molecule is CC(CN1CC2CC1CN2C(=O)O)c1c(F)cccc1Cl. The molecular formula is C15H18ClFN2O2. The summed E-state index contributed by atoms with van der Waals surface area (Å²) in [6.07, 6.45) is 0.0386. The molecule has 2 aliphatic heterocycles. The van der Waals surface area contributed by atoms with Gasteiger partial charge in [-0.15, -0.1) is 0 Å². The second-order valence-corrected chi connectivity index (χ2v) is 6.38. The van der Waals surface area contributed by atoms with Crippen LogP contribution in [0.5, 0.6) is 0 Å². The maximum absolute atomic E-state index is 13.9. The van der Waals surface area contributed by atoms with Crippen molar-refractivity contribution in [2.45, 2.75) is 31.3 Å². The Morgan fingerprint density at radius 3 is 2.81 bits per heavy atom. The highest BCUT2D eigenvalue weighted by molar-refractivity contribution is 6.31. The fourth-order valence-electron chi connectivity index (χ4n) is 3.63. The molecule has 1 aromatic carbocycles. The topological polar surface area (TPSA) is 43.8 Å². The van der Waals surface area contributed by atoms with E-state index in [4.69, 9.17) is 16.7 Å². The van der Waals surface area contributed by atoms with Gasteiger partial charge in [-0.2, -0.15) is 0 Å². The molecule has 2 saturated heterocycles. The van der Waals surface area contributed by atoms with Crippen LogP contribution >= 0.6 is 11.6 Å². The van der Waals surface area contributed by atoms with Crippen molar-refractivity contribution in [1.29, 1.82) is 0 Å². The molecule has 0 radical (unpaired) electrons. The maximum Gasteiger partial charge on any atom is 0.407 e. The van der Waals surface area contributed by atoms with Crippen molar-refractivity contribution in [1.82, 2.24) is 9.80 Å². The Bertz CT molecular complexity index is 548. The van der Waals surface area contributed by atoms with Gasteiger partial charge in [0.25, 0.3) is 0 Å². The van der Waals surface area contributed by atoms with E-state index in [9.17, 15) is 9.18 Å². The van der Waals surface area contributed by atoms with Gasteiger partial charge < -0.3 is 10.0 Å². The Morgan fingerprint density at radius 2 is 2.24 bits per heavy atom. The Hall–Kier alpha value is -1.33. The molecule has 21 heavy (non-hydrogen) atoms. The molecule has 3 atom stereocenters. The third kappa shape index (κ3) is 2.60. The number of nitrogens with zero attached hydrogens (tertiary/aromatic N) is 2. The van der Waals surface area contributed by atoms with Gasteiger partial charge in [-0.1, -0.05) is 24.6 Å². The molecule has 0 spiro atoms. The zero-order valence-corrected chi connectivity index (χ0v) is 12.6. The van der Waals surface area contributed by atoms with Crippen molar-refractivity contribution in [3.05, 3.63) is 34.6 Å². The predicted octanol–water partition coefficient (Wildman–Crippen LogP) is 3.02. The van der Waals surface area contributed by atoms with Crippen molar-refractivity contribution in [3.63, 3.8) is 0 Å². The van der Waals surface area contributed by atoms with E-state index in [1.54, 1.807) is 12.1 Å². The fraction of sp³-hybridized carbons (Fsp3) is 0.533. The van der Waals surface area contributed by atoms with Gasteiger partial charge in [-0.3, -0.25) is 4.90 Å². The van der Waals surface area contributed by atoms with E-state index >= 15 is 0 Å². The van der Waals surface area contributed by atoms with Gasteiger partial charge in [-0.05, 0) is 24.5 Å². The minimum Gasteiger partial charge on any atom is -0.465 e. The van der Waals surface area contributed by atoms with Crippen LogP contribution in [-0.2, 0) is 0 Å². The molecule has 1 N–H and O–H groups in total. The van der Waals surface area contributed by atoms with Gasteiger partial charge in [0, 0.05) is 42.3 Å². The second-order valence-electron chi connectivity index (χ2n) is 5.97. The van der Waals surface area contributed by atoms with Crippen LogP contribution in [0, 0.1) is 5.82 Å². The summed E-state index contributed by atoms with van der Waals surface area (Å²) in [4.78, 5) is 14.8. The normalized spacial score (nSPS) is 26.3. The lowest BCUT2D eigenvalue weighted by Gasteiger charge is -2.34. The minimum absolute atomic E-state index is 0.0173. The molecule has 3 unspecified atom stereocenters. The molecule has 3 rings (SSSR count). The van der Waals surface area contributed by atoms with E-state index < -0.39 is 6.09 Å². The van der Waals surface area contributed by atoms with E-state index in [1.165, 1.54) is 11.0 Å². The molecule has 4 nitrogen and oxygen atoms in total. The summed E-state index contributed by atoms with van der Waals surface area (Å²) in [7, 11) is 0. The minimum atomic E-state index is -0.840. The van der Waals surface area contributed by atoms with Crippen LogP contribution in [0.2, 0.25) is 5.02 Å². The molecule has 2 fully saturated rings. The molecule has 2 bridgehead atoms. The quantitative estimate of drug-likeness (QED) is 0.933. The van der Waals surface area contributed by atoms with Crippen molar-refractivity contribution >= 4 is 17.7 Å². The molecule has 0 aliphatic carbocycles. The first-order valence-corrected chi connectivity index (χ1v) is 7.52. The van der Waals surface area contributed by atoms with Crippen molar-refractivity contribution in [2.75, 3.05) is 19.6 Å². The number of carboxylic acid groups (broad SMARTS) is 1. The van der Waals surface area contributed by atoms with Crippen LogP contribution < -0.4 is 0 Å². The summed E-state index contributed by atoms with van der Waals surface area (Å²) in [6.45, 7) is 3.95. The fourth-order valence-corrected chi connectivity index (χ4v) is 3.98. The number of fused-ring (bicyclic) bond motifs is 2. The summed E-state index contributed by atoms with van der Waals surface area (Å²) in [5, 5.41) is 9.55. The summed E-state index contributed by atoms with van der Waals surface area (Å²) >= 11 is 6.11. The van der Waals surface area contributed by atoms with Crippen LogP contribution in [-0.4, -0.2) is 52.7 Å². The summed E-state index contributed by atoms with van der Waals surface area (Å²) < 4.78 is 13.9. The van der Waals surface area contributed by atoms with E-state index in [1.807, 2.05) is 6.92 Å².